The van der Waals surface area contributed by atoms with Crippen molar-refractivity contribution in [2.45, 2.75) is 26.3 Å². The van der Waals surface area contributed by atoms with Crippen LogP contribution in [0.3, 0.4) is 0 Å². The van der Waals surface area contributed by atoms with Crippen LogP contribution in [0.2, 0.25) is 5.02 Å². The van der Waals surface area contributed by atoms with E-state index in [1.54, 1.807) is 30.3 Å². The van der Waals surface area contributed by atoms with Crippen LogP contribution in [0, 0.1) is 5.92 Å². The van der Waals surface area contributed by atoms with Crippen molar-refractivity contribution in [1.29, 1.82) is 0 Å². The maximum Gasteiger partial charge on any atom is 0.331 e. The fraction of sp³-hybridized carbons (Fsp3) is 0.474. The first-order valence-corrected chi connectivity index (χ1v) is 11.0. The summed E-state index contributed by atoms with van der Waals surface area (Å²) in [6, 6.07) is 6.61. The number of benzene rings is 1. The van der Waals surface area contributed by atoms with Gasteiger partial charge in [-0.1, -0.05) is 37.6 Å². The average Bonchev–Trinajstić information content (AvgIpc) is 2.95. The van der Waals surface area contributed by atoms with Gasteiger partial charge in [0.2, 0.25) is 0 Å². The van der Waals surface area contributed by atoms with Gasteiger partial charge in [-0.25, -0.2) is 13.2 Å². The molecule has 1 aliphatic rings. The van der Waals surface area contributed by atoms with Crippen LogP contribution in [0.1, 0.15) is 25.8 Å². The first-order chi connectivity index (χ1) is 12.7. The zero-order valence-corrected chi connectivity index (χ0v) is 17.0. The number of esters is 1. The van der Waals surface area contributed by atoms with E-state index in [0.717, 1.165) is 5.56 Å². The standard InChI is InChI=1S/C19H24ClNO5S/c1-14(2)11-21(17-8-9-27(24,25)13-17)18(22)12-26-19(23)7-6-15-4-3-5-16(20)10-15/h3-7,10,14,17H,8-9,11-13H2,1-2H3/b7-6+/t17-/m1/s1. The zero-order valence-electron chi connectivity index (χ0n) is 15.4. The van der Waals surface area contributed by atoms with Crippen LogP contribution in [0.5, 0.6) is 0 Å². The molecule has 1 aromatic carbocycles. The Kier molecular flexibility index (Phi) is 7.44. The summed E-state index contributed by atoms with van der Waals surface area (Å²) in [5, 5.41) is 0.552. The Morgan fingerprint density at radius 3 is 2.70 bits per heavy atom. The zero-order chi connectivity index (χ0) is 20.0. The summed E-state index contributed by atoms with van der Waals surface area (Å²) < 4.78 is 28.5. The molecule has 1 aromatic rings. The predicted molar refractivity (Wildman–Crippen MR) is 105 cm³/mol. The lowest BCUT2D eigenvalue weighted by molar-refractivity contribution is -0.149. The van der Waals surface area contributed by atoms with Gasteiger partial charge in [0.1, 0.15) is 0 Å². The van der Waals surface area contributed by atoms with Crippen LogP contribution in [0.4, 0.5) is 0 Å². The molecule has 1 saturated heterocycles. The second kappa shape index (κ2) is 9.37. The van der Waals surface area contributed by atoms with Gasteiger partial charge in [0.25, 0.3) is 5.91 Å². The normalized spacial score (nSPS) is 18.7. The molecule has 1 amide bonds. The molecule has 0 spiro atoms. The van der Waals surface area contributed by atoms with Gasteiger partial charge >= 0.3 is 5.97 Å². The van der Waals surface area contributed by atoms with Crippen molar-refractivity contribution >= 4 is 39.4 Å². The summed E-state index contributed by atoms with van der Waals surface area (Å²) in [5.74, 6) is -0.798. The third kappa shape index (κ3) is 6.99. The molecule has 0 bridgehead atoms. The number of ether oxygens (including phenoxy) is 1. The van der Waals surface area contributed by atoms with Crippen molar-refractivity contribution in [2.75, 3.05) is 24.7 Å². The molecule has 148 valence electrons. The molecule has 0 aromatic heterocycles. The van der Waals surface area contributed by atoms with E-state index in [9.17, 15) is 18.0 Å². The average molecular weight is 414 g/mol. The number of amides is 1. The Hall–Kier alpha value is -1.86. The van der Waals surface area contributed by atoms with Gasteiger partial charge in [0, 0.05) is 23.7 Å². The summed E-state index contributed by atoms with van der Waals surface area (Å²) in [5.41, 5.74) is 0.739. The molecular formula is C19H24ClNO5S. The van der Waals surface area contributed by atoms with Crippen molar-refractivity contribution in [3.05, 3.63) is 40.9 Å². The van der Waals surface area contributed by atoms with Crippen LogP contribution in [-0.4, -0.2) is 55.9 Å². The monoisotopic (exact) mass is 413 g/mol. The fourth-order valence-electron chi connectivity index (χ4n) is 2.91. The predicted octanol–water partition coefficient (Wildman–Crippen LogP) is 2.57. The van der Waals surface area contributed by atoms with E-state index >= 15 is 0 Å². The highest BCUT2D eigenvalue weighted by Gasteiger charge is 2.35. The van der Waals surface area contributed by atoms with Gasteiger partial charge in [-0.05, 0) is 36.1 Å². The largest absolute Gasteiger partial charge is 0.452 e. The van der Waals surface area contributed by atoms with Gasteiger partial charge in [-0.15, -0.1) is 0 Å². The first kappa shape index (κ1) is 21.4. The number of sulfone groups is 1. The molecule has 1 aliphatic heterocycles. The van der Waals surface area contributed by atoms with Gasteiger partial charge < -0.3 is 9.64 Å². The summed E-state index contributed by atoms with van der Waals surface area (Å²) in [6.07, 6.45) is 3.20. The molecule has 0 N–H and O–H groups in total. The number of hydrogen-bond acceptors (Lipinski definition) is 5. The molecular weight excluding hydrogens is 390 g/mol. The van der Waals surface area contributed by atoms with E-state index in [2.05, 4.69) is 0 Å². The van der Waals surface area contributed by atoms with Gasteiger partial charge in [0.15, 0.2) is 16.4 Å². The maximum absolute atomic E-state index is 12.5. The third-order valence-electron chi connectivity index (χ3n) is 4.13. The minimum Gasteiger partial charge on any atom is -0.452 e. The van der Waals surface area contributed by atoms with Gasteiger partial charge in [0.05, 0.1) is 11.5 Å². The van der Waals surface area contributed by atoms with Crippen molar-refractivity contribution in [1.82, 2.24) is 4.90 Å². The van der Waals surface area contributed by atoms with E-state index in [-0.39, 0.29) is 29.4 Å². The summed E-state index contributed by atoms with van der Waals surface area (Å²) in [4.78, 5) is 25.9. The lowest BCUT2D eigenvalue weighted by Gasteiger charge is -2.29. The number of halogens is 1. The van der Waals surface area contributed by atoms with Crippen molar-refractivity contribution in [2.24, 2.45) is 5.92 Å². The summed E-state index contributed by atoms with van der Waals surface area (Å²) in [6.45, 7) is 3.91. The molecule has 8 heteroatoms. The molecule has 1 atom stereocenters. The number of rotatable bonds is 7. The molecule has 1 fully saturated rings. The Morgan fingerprint density at radius 1 is 1.37 bits per heavy atom. The summed E-state index contributed by atoms with van der Waals surface area (Å²) in [7, 11) is -3.11. The number of nitrogens with zero attached hydrogens (tertiary/aromatic N) is 1. The summed E-state index contributed by atoms with van der Waals surface area (Å²) >= 11 is 5.88. The number of carbonyl (C=O) groups excluding carboxylic acids is 2. The molecule has 2 rings (SSSR count). The number of hydrogen-bond donors (Lipinski definition) is 0. The first-order valence-electron chi connectivity index (χ1n) is 8.76. The highest BCUT2D eigenvalue weighted by Crippen LogP contribution is 2.19. The maximum atomic E-state index is 12.5. The lowest BCUT2D eigenvalue weighted by atomic mass is 10.1. The van der Waals surface area contributed by atoms with Crippen LogP contribution < -0.4 is 0 Å². The quantitative estimate of drug-likeness (QED) is 0.507. The highest BCUT2D eigenvalue weighted by molar-refractivity contribution is 7.91. The minimum atomic E-state index is -3.11. The van der Waals surface area contributed by atoms with E-state index in [4.69, 9.17) is 16.3 Å². The van der Waals surface area contributed by atoms with Crippen LogP contribution in [0.25, 0.3) is 6.08 Å². The van der Waals surface area contributed by atoms with E-state index < -0.39 is 22.4 Å². The fourth-order valence-corrected chi connectivity index (χ4v) is 4.84. The topological polar surface area (TPSA) is 80.8 Å². The van der Waals surface area contributed by atoms with Crippen LogP contribution >= 0.6 is 11.6 Å². The van der Waals surface area contributed by atoms with E-state index in [1.165, 1.54) is 11.0 Å². The molecule has 0 saturated carbocycles. The van der Waals surface area contributed by atoms with Gasteiger partial charge in [-0.3, -0.25) is 4.79 Å². The molecule has 6 nitrogen and oxygen atoms in total. The number of carbonyl (C=O) groups is 2. The Balaban J connectivity index is 1.93. The molecule has 1 heterocycles. The SMILES string of the molecule is CC(C)CN(C(=O)COC(=O)/C=C/c1cccc(Cl)c1)[C@@H]1CCS(=O)(=O)C1. The van der Waals surface area contributed by atoms with Crippen LogP contribution in [0.15, 0.2) is 30.3 Å². The Morgan fingerprint density at radius 2 is 2.11 bits per heavy atom. The van der Waals surface area contributed by atoms with Gasteiger partial charge in [-0.2, -0.15) is 0 Å². The minimum absolute atomic E-state index is 0.0337. The van der Waals surface area contributed by atoms with Crippen LogP contribution in [-0.2, 0) is 24.2 Å². The molecule has 0 aliphatic carbocycles. The molecule has 27 heavy (non-hydrogen) atoms. The Labute approximate surface area is 165 Å². The lowest BCUT2D eigenvalue weighted by Crippen LogP contribution is -2.45. The van der Waals surface area contributed by atoms with Crippen molar-refractivity contribution in [3.63, 3.8) is 0 Å². The highest BCUT2D eigenvalue weighted by atomic mass is 35.5. The molecule has 0 radical (unpaired) electrons. The van der Waals surface area contributed by atoms with Crippen molar-refractivity contribution in [3.8, 4) is 0 Å². The molecule has 0 unspecified atom stereocenters. The third-order valence-corrected chi connectivity index (χ3v) is 6.12. The second-order valence-electron chi connectivity index (χ2n) is 6.99. The van der Waals surface area contributed by atoms with Crippen molar-refractivity contribution < 1.29 is 22.7 Å². The van der Waals surface area contributed by atoms with E-state index in [1.807, 2.05) is 13.8 Å². The van der Waals surface area contributed by atoms with E-state index in [0.29, 0.717) is 18.0 Å². The second-order valence-corrected chi connectivity index (χ2v) is 9.66. The smallest absolute Gasteiger partial charge is 0.331 e. The Bertz CT molecular complexity index is 819.